The van der Waals surface area contributed by atoms with E-state index in [-0.39, 0.29) is 10.8 Å². The van der Waals surface area contributed by atoms with E-state index in [9.17, 15) is 4.39 Å². The summed E-state index contributed by atoms with van der Waals surface area (Å²) >= 11 is 5.85. The summed E-state index contributed by atoms with van der Waals surface area (Å²) < 4.78 is 15.4. The second-order valence-corrected chi connectivity index (χ2v) is 5.31. The molecule has 0 N–H and O–H groups in total. The van der Waals surface area contributed by atoms with Crippen LogP contribution in [0.5, 0.6) is 0 Å². The molecule has 0 unspecified atom stereocenters. The van der Waals surface area contributed by atoms with Crippen molar-refractivity contribution in [3.63, 3.8) is 0 Å². The summed E-state index contributed by atoms with van der Waals surface area (Å²) in [5, 5.41) is 1.41. The zero-order valence-electron chi connectivity index (χ0n) is 11.2. The van der Waals surface area contributed by atoms with E-state index >= 15 is 0 Å². The van der Waals surface area contributed by atoms with E-state index < -0.39 is 0 Å². The zero-order valence-corrected chi connectivity index (χ0v) is 12.0. The maximum atomic E-state index is 13.2. The highest BCUT2D eigenvalue weighted by atomic mass is 35.5. The molecule has 0 amide bonds. The van der Waals surface area contributed by atoms with E-state index in [1.165, 1.54) is 22.5 Å². The molecule has 1 nitrogen and oxygen atoms in total. The fraction of sp³-hybridized carbons (Fsp3) is 0.176. The van der Waals surface area contributed by atoms with Crippen LogP contribution in [0.3, 0.4) is 0 Å². The molecule has 0 aliphatic rings. The van der Waals surface area contributed by atoms with E-state index in [1.54, 1.807) is 12.1 Å². The van der Waals surface area contributed by atoms with Crippen LogP contribution in [0.15, 0.2) is 48.7 Å². The van der Waals surface area contributed by atoms with Crippen molar-refractivity contribution in [1.82, 2.24) is 4.57 Å². The van der Waals surface area contributed by atoms with Gasteiger partial charge in [0, 0.05) is 12.7 Å². The highest BCUT2D eigenvalue weighted by Gasteiger charge is 2.07. The Morgan fingerprint density at radius 2 is 2.00 bits per heavy atom. The van der Waals surface area contributed by atoms with E-state index in [1.807, 2.05) is 0 Å². The molecular weight excluding hydrogens is 273 g/mol. The normalized spacial score (nSPS) is 11.2. The third-order valence-corrected chi connectivity index (χ3v) is 3.88. The van der Waals surface area contributed by atoms with Gasteiger partial charge >= 0.3 is 0 Å². The van der Waals surface area contributed by atoms with Gasteiger partial charge in [0.2, 0.25) is 0 Å². The Balaban J connectivity index is 2.04. The standard InChI is InChI=1S/C17H15ClFN/c1-2-13-4-3-5-14-8-9-20(17(13)14)11-12-6-7-16(19)15(18)10-12/h3-10H,2,11H2,1H3. The minimum absolute atomic E-state index is 0.176. The van der Waals surface area contributed by atoms with Crippen LogP contribution in [0.25, 0.3) is 10.9 Å². The number of rotatable bonds is 3. The molecule has 1 heterocycles. The lowest BCUT2D eigenvalue weighted by Gasteiger charge is -2.09. The maximum Gasteiger partial charge on any atom is 0.141 e. The Morgan fingerprint density at radius 3 is 2.75 bits per heavy atom. The first-order valence-corrected chi connectivity index (χ1v) is 7.07. The highest BCUT2D eigenvalue weighted by Crippen LogP contribution is 2.23. The van der Waals surface area contributed by atoms with Gasteiger partial charge in [-0.15, -0.1) is 0 Å². The quantitative estimate of drug-likeness (QED) is 0.636. The number of hydrogen-bond acceptors (Lipinski definition) is 0. The van der Waals surface area contributed by atoms with Crippen LogP contribution >= 0.6 is 11.6 Å². The van der Waals surface area contributed by atoms with Crippen molar-refractivity contribution in [2.24, 2.45) is 0 Å². The van der Waals surface area contributed by atoms with Crippen LogP contribution in [0, 0.1) is 5.82 Å². The number of nitrogens with zero attached hydrogens (tertiary/aromatic N) is 1. The Morgan fingerprint density at radius 1 is 1.15 bits per heavy atom. The van der Waals surface area contributed by atoms with Crippen LogP contribution in [0.2, 0.25) is 5.02 Å². The van der Waals surface area contributed by atoms with Gasteiger partial charge in [-0.3, -0.25) is 0 Å². The second kappa shape index (κ2) is 5.29. The first-order valence-electron chi connectivity index (χ1n) is 6.69. The Kier molecular flexibility index (Phi) is 3.49. The molecule has 1 aromatic heterocycles. The molecule has 0 radical (unpaired) electrons. The molecule has 3 heteroatoms. The molecule has 0 saturated carbocycles. The Labute approximate surface area is 122 Å². The van der Waals surface area contributed by atoms with Gasteiger partial charge in [-0.1, -0.05) is 42.8 Å². The summed E-state index contributed by atoms with van der Waals surface area (Å²) in [5.74, 6) is -0.373. The van der Waals surface area contributed by atoms with E-state index in [4.69, 9.17) is 11.6 Å². The minimum atomic E-state index is -0.373. The number of halogens is 2. The van der Waals surface area contributed by atoms with Crippen LogP contribution in [-0.2, 0) is 13.0 Å². The number of aromatic nitrogens is 1. The van der Waals surface area contributed by atoms with E-state index in [0.717, 1.165) is 12.0 Å². The van der Waals surface area contributed by atoms with Gasteiger partial charge in [0.1, 0.15) is 5.82 Å². The monoisotopic (exact) mass is 287 g/mol. The van der Waals surface area contributed by atoms with Gasteiger partial charge in [-0.2, -0.15) is 0 Å². The maximum absolute atomic E-state index is 13.2. The highest BCUT2D eigenvalue weighted by molar-refractivity contribution is 6.30. The molecule has 0 saturated heterocycles. The summed E-state index contributed by atoms with van der Waals surface area (Å²) in [5.41, 5.74) is 3.57. The molecule has 0 atom stereocenters. The average Bonchev–Trinajstić information content (AvgIpc) is 2.86. The molecule has 20 heavy (non-hydrogen) atoms. The minimum Gasteiger partial charge on any atom is -0.343 e. The van der Waals surface area contributed by atoms with Crippen molar-refractivity contribution < 1.29 is 4.39 Å². The van der Waals surface area contributed by atoms with Crippen LogP contribution in [0.4, 0.5) is 4.39 Å². The van der Waals surface area contributed by atoms with Crippen LogP contribution < -0.4 is 0 Å². The summed E-state index contributed by atoms with van der Waals surface area (Å²) in [6, 6.07) is 13.3. The molecule has 102 valence electrons. The molecule has 0 bridgehead atoms. The first-order chi connectivity index (χ1) is 9.69. The van der Waals surface area contributed by atoms with Gasteiger partial charge in [0.15, 0.2) is 0 Å². The predicted octanol–water partition coefficient (Wildman–Crippen LogP) is 5.04. The fourth-order valence-corrected chi connectivity index (χ4v) is 2.80. The van der Waals surface area contributed by atoms with Crippen molar-refractivity contribution in [3.05, 3.63) is 70.6 Å². The molecule has 2 aromatic carbocycles. The third kappa shape index (κ3) is 2.32. The van der Waals surface area contributed by atoms with Gasteiger partial charge < -0.3 is 4.57 Å². The van der Waals surface area contributed by atoms with Crippen molar-refractivity contribution in [2.45, 2.75) is 19.9 Å². The number of para-hydroxylation sites is 1. The van der Waals surface area contributed by atoms with E-state index in [0.29, 0.717) is 6.54 Å². The first kappa shape index (κ1) is 13.2. The summed E-state index contributed by atoms with van der Waals surface area (Å²) in [4.78, 5) is 0. The van der Waals surface area contributed by atoms with Gasteiger partial charge in [-0.25, -0.2) is 4.39 Å². The largest absolute Gasteiger partial charge is 0.343 e. The van der Waals surface area contributed by atoms with E-state index in [2.05, 4.69) is 42.0 Å². The fourth-order valence-electron chi connectivity index (χ4n) is 2.59. The van der Waals surface area contributed by atoms with Crippen LogP contribution in [0.1, 0.15) is 18.1 Å². The number of aryl methyl sites for hydroxylation is 1. The number of hydrogen-bond donors (Lipinski definition) is 0. The summed E-state index contributed by atoms with van der Waals surface area (Å²) in [6.07, 6.45) is 3.06. The second-order valence-electron chi connectivity index (χ2n) is 4.90. The smallest absolute Gasteiger partial charge is 0.141 e. The van der Waals surface area contributed by atoms with Crippen LogP contribution in [-0.4, -0.2) is 4.57 Å². The molecule has 3 aromatic rings. The lowest BCUT2D eigenvalue weighted by molar-refractivity contribution is 0.627. The molecule has 0 aliphatic carbocycles. The molecule has 0 aliphatic heterocycles. The van der Waals surface area contributed by atoms with Gasteiger partial charge in [0.05, 0.1) is 10.5 Å². The Bertz CT molecular complexity index is 761. The van der Waals surface area contributed by atoms with Gasteiger partial charge in [0.25, 0.3) is 0 Å². The van der Waals surface area contributed by atoms with Crippen molar-refractivity contribution in [2.75, 3.05) is 0 Å². The molecular formula is C17H15ClFN. The number of benzene rings is 2. The number of fused-ring (bicyclic) bond motifs is 1. The summed E-state index contributed by atoms with van der Waals surface area (Å²) in [7, 11) is 0. The van der Waals surface area contributed by atoms with Gasteiger partial charge in [-0.05, 0) is 41.1 Å². The van der Waals surface area contributed by atoms with Crippen molar-refractivity contribution in [3.8, 4) is 0 Å². The SMILES string of the molecule is CCc1cccc2ccn(Cc3ccc(F)c(Cl)c3)c12. The lowest BCUT2D eigenvalue weighted by atomic mass is 10.1. The average molecular weight is 288 g/mol. The molecule has 0 fully saturated rings. The Hall–Kier alpha value is -1.80. The molecule has 0 spiro atoms. The predicted molar refractivity (Wildman–Crippen MR) is 81.8 cm³/mol. The lowest BCUT2D eigenvalue weighted by Crippen LogP contribution is -2.00. The summed E-state index contributed by atoms with van der Waals surface area (Å²) in [6.45, 7) is 2.85. The third-order valence-electron chi connectivity index (χ3n) is 3.59. The van der Waals surface area contributed by atoms with Crippen molar-refractivity contribution >= 4 is 22.5 Å². The molecule has 3 rings (SSSR count). The topological polar surface area (TPSA) is 4.93 Å². The van der Waals surface area contributed by atoms with Crippen molar-refractivity contribution in [1.29, 1.82) is 0 Å². The zero-order chi connectivity index (χ0) is 14.1.